The number of ether oxygens (including phenoxy) is 1. The fraction of sp³-hybridized carbons (Fsp3) is 0.0769. The van der Waals surface area contributed by atoms with Gasteiger partial charge in [0, 0.05) is 5.56 Å². The van der Waals surface area contributed by atoms with E-state index in [1.165, 1.54) is 17.4 Å². The van der Waals surface area contributed by atoms with Gasteiger partial charge >= 0.3 is 0 Å². The summed E-state index contributed by atoms with van der Waals surface area (Å²) in [6.45, 7) is 0.105. The van der Waals surface area contributed by atoms with Crippen LogP contribution in [-0.2, 0) is 6.61 Å². The van der Waals surface area contributed by atoms with E-state index >= 15 is 0 Å². The van der Waals surface area contributed by atoms with E-state index in [0.29, 0.717) is 11.4 Å². The van der Waals surface area contributed by atoms with Gasteiger partial charge in [0.05, 0.1) is 5.39 Å². The molecule has 0 bridgehead atoms. The third kappa shape index (κ3) is 2.34. The first-order valence-electron chi connectivity index (χ1n) is 5.61. The highest BCUT2D eigenvalue weighted by molar-refractivity contribution is 7.16. The Morgan fingerprint density at radius 3 is 2.89 bits per heavy atom. The molecule has 0 unspecified atom stereocenters. The second kappa shape index (κ2) is 4.81. The summed E-state index contributed by atoms with van der Waals surface area (Å²) in [6, 6.07) is 8.32. The van der Waals surface area contributed by atoms with Crippen molar-refractivity contribution in [1.82, 2.24) is 9.97 Å². The molecule has 0 saturated heterocycles. The van der Waals surface area contributed by atoms with Crippen LogP contribution in [0.3, 0.4) is 0 Å². The van der Waals surface area contributed by atoms with Gasteiger partial charge in [-0.3, -0.25) is 0 Å². The van der Waals surface area contributed by atoms with Crippen molar-refractivity contribution in [2.24, 2.45) is 0 Å². The lowest BCUT2D eigenvalue weighted by Crippen LogP contribution is -2.02. The molecule has 4 nitrogen and oxygen atoms in total. The lowest BCUT2D eigenvalue weighted by atomic mass is 10.2. The zero-order valence-corrected chi connectivity index (χ0v) is 10.7. The summed E-state index contributed by atoms with van der Waals surface area (Å²) in [4.78, 5) is 8.91. The molecule has 6 heteroatoms. The van der Waals surface area contributed by atoms with E-state index in [9.17, 15) is 4.39 Å². The van der Waals surface area contributed by atoms with E-state index in [0.717, 1.165) is 10.2 Å². The lowest BCUT2D eigenvalue weighted by Gasteiger charge is -2.07. The van der Waals surface area contributed by atoms with Crippen LogP contribution in [0.2, 0.25) is 0 Å². The summed E-state index contributed by atoms with van der Waals surface area (Å²) >= 11 is 1.46. The fourth-order valence-corrected chi connectivity index (χ4v) is 2.48. The summed E-state index contributed by atoms with van der Waals surface area (Å²) in [5.74, 6) is 0.233. The van der Waals surface area contributed by atoms with Crippen molar-refractivity contribution in [3.8, 4) is 5.88 Å². The van der Waals surface area contributed by atoms with Crippen LogP contribution in [0.25, 0.3) is 10.2 Å². The molecular weight excluding hydrogens is 265 g/mol. The molecule has 0 atom stereocenters. The quantitative estimate of drug-likeness (QED) is 0.798. The van der Waals surface area contributed by atoms with Gasteiger partial charge in [0.1, 0.15) is 17.3 Å². The number of fused-ring (bicyclic) bond motifs is 1. The number of hydrogen-bond acceptors (Lipinski definition) is 5. The minimum Gasteiger partial charge on any atom is -0.472 e. The topological polar surface area (TPSA) is 61.0 Å². The fourth-order valence-electron chi connectivity index (χ4n) is 1.72. The number of nitrogen functional groups attached to an aromatic ring is 1. The van der Waals surface area contributed by atoms with E-state index in [4.69, 9.17) is 10.5 Å². The number of nitrogens with two attached hydrogens (primary N) is 1. The molecule has 96 valence electrons. The Morgan fingerprint density at radius 2 is 2.05 bits per heavy atom. The molecule has 0 fully saturated rings. The first-order chi connectivity index (χ1) is 9.24. The average Bonchev–Trinajstić information content (AvgIpc) is 2.85. The molecule has 3 aromatic rings. The standard InChI is InChI=1S/C13H10FN3OS/c14-10-4-2-1-3-8(10)7-18-11-9-5-6-19-12(9)17-13(15)16-11/h1-6H,7H2,(H2,15,16,17). The van der Waals surface area contributed by atoms with Gasteiger partial charge in [-0.25, -0.2) is 9.37 Å². The predicted molar refractivity (Wildman–Crippen MR) is 72.6 cm³/mol. The second-order valence-corrected chi connectivity index (χ2v) is 4.80. The van der Waals surface area contributed by atoms with Gasteiger partial charge in [0.15, 0.2) is 0 Å². The van der Waals surface area contributed by atoms with Gasteiger partial charge in [0.2, 0.25) is 11.8 Å². The Hall–Kier alpha value is -2.21. The second-order valence-electron chi connectivity index (χ2n) is 3.91. The molecule has 2 heterocycles. The van der Waals surface area contributed by atoms with Crippen LogP contribution < -0.4 is 10.5 Å². The Morgan fingerprint density at radius 1 is 1.21 bits per heavy atom. The maximum absolute atomic E-state index is 13.5. The summed E-state index contributed by atoms with van der Waals surface area (Å²) in [6.07, 6.45) is 0. The maximum atomic E-state index is 13.5. The summed E-state index contributed by atoms with van der Waals surface area (Å²) in [7, 11) is 0. The van der Waals surface area contributed by atoms with Gasteiger partial charge in [0.25, 0.3) is 0 Å². The Bertz CT molecular complexity index is 729. The molecule has 2 aromatic heterocycles. The van der Waals surface area contributed by atoms with Crippen LogP contribution in [0.4, 0.5) is 10.3 Å². The van der Waals surface area contributed by atoms with Crippen LogP contribution >= 0.6 is 11.3 Å². The lowest BCUT2D eigenvalue weighted by molar-refractivity contribution is 0.292. The molecule has 0 spiro atoms. The van der Waals surface area contributed by atoms with E-state index in [1.54, 1.807) is 18.2 Å². The molecule has 19 heavy (non-hydrogen) atoms. The molecule has 0 saturated carbocycles. The number of benzene rings is 1. The SMILES string of the molecule is Nc1nc(OCc2ccccc2F)c2ccsc2n1. The van der Waals surface area contributed by atoms with Gasteiger partial charge in [-0.2, -0.15) is 4.98 Å². The average molecular weight is 275 g/mol. The van der Waals surface area contributed by atoms with Gasteiger partial charge in [-0.05, 0) is 17.5 Å². The molecule has 0 amide bonds. The van der Waals surface area contributed by atoms with Gasteiger partial charge in [-0.1, -0.05) is 18.2 Å². The van der Waals surface area contributed by atoms with E-state index in [2.05, 4.69) is 9.97 Å². The van der Waals surface area contributed by atoms with Crippen molar-refractivity contribution < 1.29 is 9.13 Å². The number of anilines is 1. The van der Waals surface area contributed by atoms with Gasteiger partial charge < -0.3 is 10.5 Å². The number of thiophene rings is 1. The third-order valence-electron chi connectivity index (χ3n) is 2.63. The highest BCUT2D eigenvalue weighted by Crippen LogP contribution is 2.28. The van der Waals surface area contributed by atoms with E-state index < -0.39 is 0 Å². The first-order valence-corrected chi connectivity index (χ1v) is 6.49. The molecule has 0 aliphatic heterocycles. The molecule has 1 aromatic carbocycles. The third-order valence-corrected chi connectivity index (χ3v) is 3.44. The van der Waals surface area contributed by atoms with Crippen LogP contribution in [0.15, 0.2) is 35.7 Å². The van der Waals surface area contributed by atoms with Crippen LogP contribution in [0.5, 0.6) is 5.88 Å². The highest BCUT2D eigenvalue weighted by Gasteiger charge is 2.09. The molecule has 2 N–H and O–H groups in total. The zero-order valence-electron chi connectivity index (χ0n) is 9.84. The Kier molecular flexibility index (Phi) is 3.00. The zero-order chi connectivity index (χ0) is 13.2. The first kappa shape index (κ1) is 11.9. The molecule has 0 aliphatic carbocycles. The molecule has 0 radical (unpaired) electrons. The van der Waals surface area contributed by atoms with E-state index in [1.807, 2.05) is 11.4 Å². The minimum atomic E-state index is -0.300. The smallest absolute Gasteiger partial charge is 0.227 e. The van der Waals surface area contributed by atoms with Crippen molar-refractivity contribution >= 4 is 27.5 Å². The molecule has 0 aliphatic rings. The Balaban J connectivity index is 1.90. The summed E-state index contributed by atoms with van der Waals surface area (Å²) in [5, 5.41) is 2.67. The van der Waals surface area contributed by atoms with Gasteiger partial charge in [-0.15, -0.1) is 11.3 Å². The molecule has 3 rings (SSSR count). The van der Waals surface area contributed by atoms with Crippen LogP contribution in [0, 0.1) is 5.82 Å². The highest BCUT2D eigenvalue weighted by atomic mass is 32.1. The maximum Gasteiger partial charge on any atom is 0.227 e. The Labute approximate surface area is 112 Å². The number of rotatable bonds is 3. The van der Waals surface area contributed by atoms with Crippen molar-refractivity contribution in [3.63, 3.8) is 0 Å². The van der Waals surface area contributed by atoms with Crippen molar-refractivity contribution in [1.29, 1.82) is 0 Å². The number of aromatic nitrogens is 2. The number of hydrogen-bond donors (Lipinski definition) is 1. The van der Waals surface area contributed by atoms with Crippen molar-refractivity contribution in [2.45, 2.75) is 6.61 Å². The van der Waals surface area contributed by atoms with Crippen LogP contribution in [-0.4, -0.2) is 9.97 Å². The predicted octanol–water partition coefficient (Wildman–Crippen LogP) is 2.99. The largest absolute Gasteiger partial charge is 0.472 e. The van der Waals surface area contributed by atoms with E-state index in [-0.39, 0.29) is 18.4 Å². The van der Waals surface area contributed by atoms with Crippen molar-refractivity contribution in [2.75, 3.05) is 5.73 Å². The van der Waals surface area contributed by atoms with Crippen LogP contribution in [0.1, 0.15) is 5.56 Å². The number of nitrogens with zero attached hydrogens (tertiary/aromatic N) is 2. The monoisotopic (exact) mass is 275 g/mol. The summed E-state index contributed by atoms with van der Waals surface area (Å²) < 4.78 is 19.1. The summed E-state index contributed by atoms with van der Waals surface area (Å²) in [5.41, 5.74) is 6.09. The van der Waals surface area contributed by atoms with Crippen molar-refractivity contribution in [3.05, 3.63) is 47.1 Å². The normalized spacial score (nSPS) is 10.8. The minimum absolute atomic E-state index is 0.105. The number of halogens is 1. The molecular formula is C13H10FN3OS.